The molecule has 1 aromatic heterocycles. The molecule has 0 spiro atoms. The van der Waals surface area contributed by atoms with Crippen LogP contribution in [0.15, 0.2) is 53.6 Å². The molecule has 1 atom stereocenters. The van der Waals surface area contributed by atoms with E-state index in [0.29, 0.717) is 38.7 Å². The highest BCUT2D eigenvalue weighted by molar-refractivity contribution is 7.89. The quantitative estimate of drug-likeness (QED) is 0.675. The third kappa shape index (κ3) is 5.33. The van der Waals surface area contributed by atoms with Crippen LogP contribution < -0.4 is 5.32 Å². The fourth-order valence-corrected chi connectivity index (χ4v) is 4.93. The molecule has 8 heteroatoms. The summed E-state index contributed by atoms with van der Waals surface area (Å²) in [5.41, 5.74) is 1.25. The lowest BCUT2D eigenvalue weighted by molar-refractivity contribution is 0.0730. The molecule has 1 aromatic carbocycles. The minimum absolute atomic E-state index is 0.213. The second-order valence-electron chi connectivity index (χ2n) is 6.92. The molecule has 0 unspecified atom stereocenters. The van der Waals surface area contributed by atoms with Crippen molar-refractivity contribution in [3.63, 3.8) is 0 Å². The maximum absolute atomic E-state index is 12.7. The van der Waals surface area contributed by atoms with Crippen LogP contribution in [0.25, 0.3) is 0 Å². The topological polar surface area (TPSA) is 74.8 Å². The van der Waals surface area contributed by atoms with Crippen LogP contribution in [0.3, 0.4) is 0 Å². The van der Waals surface area contributed by atoms with Crippen molar-refractivity contribution >= 4 is 15.8 Å². The molecule has 1 fully saturated rings. The molecular formula is C21H30N4O3S. The molecule has 7 nitrogen and oxygen atoms in total. The van der Waals surface area contributed by atoms with Crippen molar-refractivity contribution in [2.24, 2.45) is 0 Å². The van der Waals surface area contributed by atoms with E-state index in [9.17, 15) is 8.42 Å². The van der Waals surface area contributed by atoms with Crippen molar-refractivity contribution in [1.29, 1.82) is 0 Å². The number of hydrogen-bond acceptors (Lipinski definition) is 6. The van der Waals surface area contributed by atoms with Gasteiger partial charge in [-0.15, -0.1) is 0 Å². The number of hydrogen-bond donors (Lipinski definition) is 1. The molecule has 1 aliphatic heterocycles. The highest BCUT2D eigenvalue weighted by Crippen LogP contribution is 2.22. The van der Waals surface area contributed by atoms with Crippen molar-refractivity contribution in [1.82, 2.24) is 14.2 Å². The van der Waals surface area contributed by atoms with Gasteiger partial charge in [-0.05, 0) is 30.8 Å². The molecule has 0 amide bonds. The summed E-state index contributed by atoms with van der Waals surface area (Å²) in [5, 5.41) is 3.37. The number of nitrogens with zero attached hydrogens (tertiary/aromatic N) is 3. The molecule has 1 N–H and O–H groups in total. The second kappa shape index (κ2) is 10.2. The van der Waals surface area contributed by atoms with Gasteiger partial charge in [-0.3, -0.25) is 4.90 Å². The number of anilines is 1. The molecule has 3 rings (SSSR count). The Morgan fingerprint density at radius 3 is 2.38 bits per heavy atom. The lowest BCUT2D eigenvalue weighted by atomic mass is 10.1. The van der Waals surface area contributed by atoms with Crippen LogP contribution in [0.4, 0.5) is 5.82 Å². The summed E-state index contributed by atoms with van der Waals surface area (Å²) < 4.78 is 32.1. The second-order valence-corrected chi connectivity index (χ2v) is 8.86. The Labute approximate surface area is 173 Å². The molecular weight excluding hydrogens is 388 g/mol. The Bertz CT molecular complexity index is 849. The SMILES string of the molecule is CCN(CC)[C@H](CNc1ccc(S(=O)(=O)N2CCOCC2)cn1)c1ccccc1. The van der Waals surface area contributed by atoms with Crippen molar-refractivity contribution < 1.29 is 13.2 Å². The van der Waals surface area contributed by atoms with Crippen LogP contribution in [0.2, 0.25) is 0 Å². The number of morpholine rings is 1. The summed E-state index contributed by atoms with van der Waals surface area (Å²) in [6, 6.07) is 14.0. The van der Waals surface area contributed by atoms with E-state index >= 15 is 0 Å². The Kier molecular flexibility index (Phi) is 7.60. The van der Waals surface area contributed by atoms with Gasteiger partial charge in [-0.25, -0.2) is 13.4 Å². The Balaban J connectivity index is 1.69. The van der Waals surface area contributed by atoms with E-state index < -0.39 is 10.0 Å². The van der Waals surface area contributed by atoms with E-state index in [-0.39, 0.29) is 10.9 Å². The molecule has 158 valence electrons. The number of sulfonamides is 1. The number of benzene rings is 1. The summed E-state index contributed by atoms with van der Waals surface area (Å²) in [6.45, 7) is 8.51. The fourth-order valence-electron chi connectivity index (χ4n) is 3.57. The van der Waals surface area contributed by atoms with Gasteiger partial charge in [-0.1, -0.05) is 44.2 Å². The van der Waals surface area contributed by atoms with E-state index in [0.717, 1.165) is 13.1 Å². The first-order valence-electron chi connectivity index (χ1n) is 10.1. The predicted octanol–water partition coefficient (Wildman–Crippen LogP) is 2.60. The minimum atomic E-state index is -3.52. The van der Waals surface area contributed by atoms with Crippen LogP contribution in [0.5, 0.6) is 0 Å². The van der Waals surface area contributed by atoms with Gasteiger partial charge in [0.2, 0.25) is 10.0 Å². The maximum Gasteiger partial charge on any atom is 0.244 e. The number of rotatable bonds is 9. The summed E-state index contributed by atoms with van der Waals surface area (Å²) in [7, 11) is -3.52. The first-order chi connectivity index (χ1) is 14.1. The number of pyridine rings is 1. The van der Waals surface area contributed by atoms with Crippen LogP contribution >= 0.6 is 0 Å². The van der Waals surface area contributed by atoms with Crippen molar-refractivity contribution in [3.8, 4) is 0 Å². The number of likely N-dealkylation sites (N-methyl/N-ethyl adjacent to an activating group) is 1. The van der Waals surface area contributed by atoms with Crippen molar-refractivity contribution in [2.45, 2.75) is 24.8 Å². The Morgan fingerprint density at radius 1 is 1.10 bits per heavy atom. The molecule has 0 aliphatic carbocycles. The molecule has 2 heterocycles. The summed E-state index contributed by atoms with van der Waals surface area (Å²) in [6.07, 6.45) is 1.43. The average molecular weight is 419 g/mol. The van der Waals surface area contributed by atoms with Gasteiger partial charge in [0.15, 0.2) is 0 Å². The van der Waals surface area contributed by atoms with Gasteiger partial charge in [0.25, 0.3) is 0 Å². The average Bonchev–Trinajstić information content (AvgIpc) is 2.78. The minimum Gasteiger partial charge on any atom is -0.379 e. The monoisotopic (exact) mass is 418 g/mol. The highest BCUT2D eigenvalue weighted by Gasteiger charge is 2.26. The van der Waals surface area contributed by atoms with Crippen molar-refractivity contribution in [2.75, 3.05) is 51.3 Å². The van der Waals surface area contributed by atoms with Gasteiger partial charge < -0.3 is 10.1 Å². The largest absolute Gasteiger partial charge is 0.379 e. The Hall–Kier alpha value is -2.00. The summed E-state index contributed by atoms with van der Waals surface area (Å²) in [5.74, 6) is 0.666. The van der Waals surface area contributed by atoms with E-state index in [2.05, 4.69) is 53.3 Å². The zero-order valence-electron chi connectivity index (χ0n) is 17.1. The lowest BCUT2D eigenvalue weighted by Gasteiger charge is -2.30. The van der Waals surface area contributed by atoms with Gasteiger partial charge in [0.05, 0.1) is 19.3 Å². The molecule has 29 heavy (non-hydrogen) atoms. The zero-order chi connectivity index (χ0) is 20.7. The first kappa shape index (κ1) is 21.7. The fraction of sp³-hybridized carbons (Fsp3) is 0.476. The van der Waals surface area contributed by atoms with Gasteiger partial charge in [0, 0.05) is 25.8 Å². The maximum atomic E-state index is 12.7. The third-order valence-corrected chi connectivity index (χ3v) is 7.14. The van der Waals surface area contributed by atoms with E-state index in [1.54, 1.807) is 12.1 Å². The number of aromatic nitrogens is 1. The molecule has 0 radical (unpaired) electrons. The number of nitrogens with one attached hydrogen (secondary N) is 1. The molecule has 2 aromatic rings. The lowest BCUT2D eigenvalue weighted by Crippen LogP contribution is -2.40. The van der Waals surface area contributed by atoms with E-state index in [1.807, 2.05) is 6.07 Å². The third-order valence-electron chi connectivity index (χ3n) is 5.26. The van der Waals surface area contributed by atoms with E-state index in [1.165, 1.54) is 16.1 Å². The number of ether oxygens (including phenoxy) is 1. The predicted molar refractivity (Wildman–Crippen MR) is 114 cm³/mol. The van der Waals surface area contributed by atoms with Crippen LogP contribution in [0, 0.1) is 0 Å². The highest BCUT2D eigenvalue weighted by atomic mass is 32.2. The molecule has 0 saturated carbocycles. The van der Waals surface area contributed by atoms with Crippen LogP contribution in [-0.4, -0.2) is 68.5 Å². The van der Waals surface area contributed by atoms with Crippen LogP contribution in [-0.2, 0) is 14.8 Å². The van der Waals surface area contributed by atoms with Gasteiger partial charge >= 0.3 is 0 Å². The summed E-state index contributed by atoms with van der Waals surface area (Å²) >= 11 is 0. The molecule has 1 saturated heterocycles. The Morgan fingerprint density at radius 2 is 1.79 bits per heavy atom. The van der Waals surface area contributed by atoms with Gasteiger partial charge in [0.1, 0.15) is 10.7 Å². The zero-order valence-corrected chi connectivity index (χ0v) is 17.9. The smallest absolute Gasteiger partial charge is 0.244 e. The van der Waals surface area contributed by atoms with Gasteiger partial charge in [-0.2, -0.15) is 4.31 Å². The van der Waals surface area contributed by atoms with E-state index in [4.69, 9.17) is 4.74 Å². The van der Waals surface area contributed by atoms with Crippen molar-refractivity contribution in [3.05, 3.63) is 54.2 Å². The molecule has 1 aliphatic rings. The standard InChI is InChI=1S/C21H30N4O3S/c1-3-24(4-2)20(18-8-6-5-7-9-18)17-23-21-11-10-19(16-22-21)29(26,27)25-12-14-28-15-13-25/h5-11,16,20H,3-4,12-15,17H2,1-2H3,(H,22,23)/t20-/m1/s1. The first-order valence-corrected chi connectivity index (χ1v) is 11.6. The van der Waals surface area contributed by atoms with Crippen LogP contribution in [0.1, 0.15) is 25.5 Å². The normalized spacial score (nSPS) is 16.7. The molecule has 0 bridgehead atoms. The summed E-state index contributed by atoms with van der Waals surface area (Å²) in [4.78, 5) is 6.95.